The van der Waals surface area contributed by atoms with Gasteiger partial charge < -0.3 is 9.47 Å². The molecule has 0 bridgehead atoms. The van der Waals surface area contributed by atoms with Crippen LogP contribution in [0, 0.1) is 11.3 Å². The molecule has 1 fully saturated rings. The van der Waals surface area contributed by atoms with E-state index in [2.05, 4.69) is 6.07 Å². The van der Waals surface area contributed by atoms with Crippen molar-refractivity contribution in [2.75, 3.05) is 13.2 Å². The van der Waals surface area contributed by atoms with Crippen molar-refractivity contribution in [1.82, 2.24) is 0 Å². The molecule has 3 nitrogen and oxygen atoms in total. The smallest absolute Gasteiger partial charge is 0.161 e. The summed E-state index contributed by atoms with van der Waals surface area (Å²) in [6.45, 7) is 1.38. The van der Waals surface area contributed by atoms with Crippen LogP contribution in [-0.4, -0.2) is 19.5 Å². The summed E-state index contributed by atoms with van der Waals surface area (Å²) in [6, 6.07) is 10.1. The molecule has 0 aliphatic carbocycles. The molecule has 0 unspecified atom stereocenters. The van der Waals surface area contributed by atoms with Gasteiger partial charge in [0.1, 0.15) is 0 Å². The minimum absolute atomic E-state index is 0.0909. The summed E-state index contributed by atoms with van der Waals surface area (Å²) in [7, 11) is 0. The van der Waals surface area contributed by atoms with Crippen molar-refractivity contribution in [1.29, 1.82) is 5.26 Å². The van der Waals surface area contributed by atoms with E-state index in [-0.39, 0.29) is 6.29 Å². The standard InChI is InChI=1S/C12H13NO2/c13-6-5-10-1-3-11(4-2-10)9-12-14-7-8-15-12/h1-4,12H,5,7-9H2. The molecule has 78 valence electrons. The molecule has 0 atom stereocenters. The molecular weight excluding hydrogens is 190 g/mol. The van der Waals surface area contributed by atoms with Crippen molar-refractivity contribution < 1.29 is 9.47 Å². The van der Waals surface area contributed by atoms with Gasteiger partial charge in [-0.15, -0.1) is 0 Å². The van der Waals surface area contributed by atoms with Crippen LogP contribution >= 0.6 is 0 Å². The van der Waals surface area contributed by atoms with E-state index in [1.807, 2.05) is 24.3 Å². The van der Waals surface area contributed by atoms with Crippen LogP contribution in [0.5, 0.6) is 0 Å². The lowest BCUT2D eigenvalue weighted by Gasteiger charge is -2.08. The molecule has 1 aromatic carbocycles. The van der Waals surface area contributed by atoms with Gasteiger partial charge in [0.25, 0.3) is 0 Å². The second-order valence-corrected chi connectivity index (χ2v) is 3.53. The predicted octanol–water partition coefficient (Wildman–Crippen LogP) is 1.67. The summed E-state index contributed by atoms with van der Waals surface area (Å²) in [5, 5.41) is 8.53. The molecule has 1 aliphatic heterocycles. The molecule has 1 aromatic rings. The molecule has 0 radical (unpaired) electrons. The van der Waals surface area contributed by atoms with Crippen molar-refractivity contribution in [3.05, 3.63) is 35.4 Å². The maximum atomic E-state index is 8.53. The Balaban J connectivity index is 1.94. The molecular formula is C12H13NO2. The van der Waals surface area contributed by atoms with Gasteiger partial charge >= 0.3 is 0 Å². The van der Waals surface area contributed by atoms with Gasteiger partial charge in [-0.25, -0.2) is 0 Å². The first kappa shape index (κ1) is 10.2. The van der Waals surface area contributed by atoms with Gasteiger partial charge in [0.05, 0.1) is 25.7 Å². The first-order valence-electron chi connectivity index (χ1n) is 5.06. The molecule has 0 saturated carbocycles. The lowest BCUT2D eigenvalue weighted by atomic mass is 10.1. The third-order valence-corrected chi connectivity index (χ3v) is 2.40. The lowest BCUT2D eigenvalue weighted by Crippen LogP contribution is -2.11. The van der Waals surface area contributed by atoms with Gasteiger partial charge in [-0.1, -0.05) is 24.3 Å². The fourth-order valence-electron chi connectivity index (χ4n) is 1.60. The molecule has 0 amide bonds. The van der Waals surface area contributed by atoms with E-state index in [9.17, 15) is 0 Å². The fourth-order valence-corrected chi connectivity index (χ4v) is 1.60. The largest absolute Gasteiger partial charge is 0.350 e. The maximum absolute atomic E-state index is 8.53. The third kappa shape index (κ3) is 2.79. The summed E-state index contributed by atoms with van der Waals surface area (Å²) >= 11 is 0. The van der Waals surface area contributed by atoms with E-state index >= 15 is 0 Å². The third-order valence-electron chi connectivity index (χ3n) is 2.40. The highest BCUT2D eigenvalue weighted by molar-refractivity contribution is 5.24. The Kier molecular flexibility index (Phi) is 3.33. The Bertz CT molecular complexity index is 347. The van der Waals surface area contributed by atoms with Crippen LogP contribution in [0.2, 0.25) is 0 Å². The number of rotatable bonds is 3. The van der Waals surface area contributed by atoms with Crippen molar-refractivity contribution in [3.63, 3.8) is 0 Å². The Labute approximate surface area is 89.2 Å². The Morgan fingerprint density at radius 2 is 1.73 bits per heavy atom. The highest BCUT2D eigenvalue weighted by Crippen LogP contribution is 2.12. The molecule has 0 spiro atoms. The first-order valence-corrected chi connectivity index (χ1v) is 5.06. The van der Waals surface area contributed by atoms with E-state index < -0.39 is 0 Å². The van der Waals surface area contributed by atoms with E-state index in [1.54, 1.807) is 0 Å². The van der Waals surface area contributed by atoms with Crippen LogP contribution in [0.1, 0.15) is 11.1 Å². The predicted molar refractivity (Wildman–Crippen MR) is 55.2 cm³/mol. The van der Waals surface area contributed by atoms with Crippen LogP contribution in [0.3, 0.4) is 0 Å². The van der Waals surface area contributed by atoms with Crippen molar-refractivity contribution in [2.24, 2.45) is 0 Å². The molecule has 1 heterocycles. The van der Waals surface area contributed by atoms with Gasteiger partial charge in [0.15, 0.2) is 6.29 Å². The van der Waals surface area contributed by atoms with Gasteiger partial charge in [-0.05, 0) is 11.1 Å². The molecule has 0 N–H and O–H groups in total. The van der Waals surface area contributed by atoms with Crippen LogP contribution in [-0.2, 0) is 22.3 Å². The number of nitriles is 1. The Morgan fingerprint density at radius 1 is 1.13 bits per heavy atom. The van der Waals surface area contributed by atoms with Crippen LogP contribution < -0.4 is 0 Å². The van der Waals surface area contributed by atoms with Crippen molar-refractivity contribution in [3.8, 4) is 6.07 Å². The highest BCUT2D eigenvalue weighted by atomic mass is 16.7. The molecule has 2 rings (SSSR count). The van der Waals surface area contributed by atoms with Crippen LogP contribution in [0.25, 0.3) is 0 Å². The van der Waals surface area contributed by atoms with Gasteiger partial charge in [0.2, 0.25) is 0 Å². The SMILES string of the molecule is N#CCc1ccc(CC2OCCO2)cc1. The molecule has 0 aromatic heterocycles. The van der Waals surface area contributed by atoms with Crippen LogP contribution in [0.4, 0.5) is 0 Å². The number of nitrogens with zero attached hydrogens (tertiary/aromatic N) is 1. The maximum Gasteiger partial charge on any atom is 0.161 e. The van der Waals surface area contributed by atoms with Crippen molar-refractivity contribution >= 4 is 0 Å². The molecule has 1 aliphatic rings. The van der Waals surface area contributed by atoms with Gasteiger partial charge in [-0.2, -0.15) is 5.26 Å². The zero-order chi connectivity index (χ0) is 10.5. The first-order chi connectivity index (χ1) is 7.38. The Hall–Kier alpha value is -1.37. The average molecular weight is 203 g/mol. The van der Waals surface area contributed by atoms with E-state index in [4.69, 9.17) is 14.7 Å². The summed E-state index contributed by atoms with van der Waals surface area (Å²) < 4.78 is 10.7. The highest BCUT2D eigenvalue weighted by Gasteiger charge is 2.15. The Morgan fingerprint density at radius 3 is 2.33 bits per heavy atom. The average Bonchev–Trinajstić information content (AvgIpc) is 2.74. The van der Waals surface area contributed by atoms with Crippen LogP contribution in [0.15, 0.2) is 24.3 Å². The van der Waals surface area contributed by atoms with E-state index in [0.29, 0.717) is 19.6 Å². The molecule has 15 heavy (non-hydrogen) atoms. The summed E-state index contributed by atoms with van der Waals surface area (Å²) in [5.41, 5.74) is 2.23. The summed E-state index contributed by atoms with van der Waals surface area (Å²) in [4.78, 5) is 0. The molecule has 1 saturated heterocycles. The number of hydrogen-bond donors (Lipinski definition) is 0. The topological polar surface area (TPSA) is 42.2 Å². The fraction of sp³-hybridized carbons (Fsp3) is 0.417. The van der Waals surface area contributed by atoms with E-state index in [1.165, 1.54) is 5.56 Å². The quantitative estimate of drug-likeness (QED) is 0.750. The number of ether oxygens (including phenoxy) is 2. The zero-order valence-electron chi connectivity index (χ0n) is 8.48. The minimum Gasteiger partial charge on any atom is -0.350 e. The second-order valence-electron chi connectivity index (χ2n) is 3.53. The monoisotopic (exact) mass is 203 g/mol. The molecule has 3 heteroatoms. The van der Waals surface area contributed by atoms with Crippen molar-refractivity contribution in [2.45, 2.75) is 19.1 Å². The summed E-state index contributed by atoms with van der Waals surface area (Å²) in [5.74, 6) is 0. The van der Waals surface area contributed by atoms with Gasteiger partial charge in [0, 0.05) is 6.42 Å². The van der Waals surface area contributed by atoms with Gasteiger partial charge in [-0.3, -0.25) is 0 Å². The van der Waals surface area contributed by atoms with E-state index in [0.717, 1.165) is 12.0 Å². The number of benzene rings is 1. The normalized spacial score (nSPS) is 16.5. The lowest BCUT2D eigenvalue weighted by molar-refractivity contribution is -0.0399. The summed E-state index contributed by atoms with van der Waals surface area (Å²) in [6.07, 6.45) is 1.16. The minimum atomic E-state index is -0.0909. The number of hydrogen-bond acceptors (Lipinski definition) is 3. The zero-order valence-corrected chi connectivity index (χ0v) is 8.48. The second kappa shape index (κ2) is 4.92.